The third-order valence-electron chi connectivity index (χ3n) is 2.96. The summed E-state index contributed by atoms with van der Waals surface area (Å²) in [7, 11) is 0. The monoisotopic (exact) mass is 284 g/mol. The Bertz CT molecular complexity index is 680. The largest absolute Gasteiger partial charge is 0.379 e. The molecule has 0 spiro atoms. The average molecular weight is 285 g/mol. The molecule has 0 fully saturated rings. The SMILES string of the molecule is Clc1cccc(NCc2ccccc2)c1-n1cncn1. The fraction of sp³-hybridized carbons (Fsp3) is 0.0667. The maximum Gasteiger partial charge on any atom is 0.138 e. The average Bonchev–Trinajstić information content (AvgIpc) is 3.00. The molecule has 0 unspecified atom stereocenters. The molecule has 0 amide bonds. The Morgan fingerprint density at radius 3 is 2.65 bits per heavy atom. The molecule has 1 aromatic heterocycles. The minimum atomic E-state index is 0.633. The molecule has 1 heterocycles. The lowest BCUT2D eigenvalue weighted by Crippen LogP contribution is -2.05. The number of halogens is 1. The van der Waals surface area contributed by atoms with Gasteiger partial charge in [-0.15, -0.1) is 0 Å². The van der Waals surface area contributed by atoms with Crippen molar-refractivity contribution in [2.75, 3.05) is 5.32 Å². The zero-order valence-electron chi connectivity index (χ0n) is 10.7. The van der Waals surface area contributed by atoms with E-state index in [1.807, 2.05) is 36.4 Å². The molecule has 0 saturated heterocycles. The quantitative estimate of drug-likeness (QED) is 0.797. The number of para-hydroxylation sites is 1. The first-order valence-corrected chi connectivity index (χ1v) is 6.64. The van der Waals surface area contributed by atoms with E-state index in [-0.39, 0.29) is 0 Å². The summed E-state index contributed by atoms with van der Waals surface area (Å²) < 4.78 is 1.66. The van der Waals surface area contributed by atoms with E-state index < -0.39 is 0 Å². The highest BCUT2D eigenvalue weighted by Crippen LogP contribution is 2.28. The number of hydrogen-bond acceptors (Lipinski definition) is 3. The van der Waals surface area contributed by atoms with Gasteiger partial charge in [0.1, 0.15) is 18.3 Å². The molecule has 0 aliphatic rings. The molecule has 1 N–H and O–H groups in total. The van der Waals surface area contributed by atoms with Gasteiger partial charge in [-0.25, -0.2) is 9.67 Å². The van der Waals surface area contributed by atoms with Gasteiger partial charge in [-0.3, -0.25) is 0 Å². The predicted octanol–water partition coefficient (Wildman–Crippen LogP) is 3.53. The molecule has 0 bridgehead atoms. The smallest absolute Gasteiger partial charge is 0.138 e. The van der Waals surface area contributed by atoms with Crippen LogP contribution in [0.3, 0.4) is 0 Å². The molecule has 0 atom stereocenters. The van der Waals surface area contributed by atoms with Crippen LogP contribution in [0.25, 0.3) is 5.69 Å². The second-order valence-electron chi connectivity index (χ2n) is 4.32. The maximum absolute atomic E-state index is 6.27. The Kier molecular flexibility index (Phi) is 3.65. The number of hydrogen-bond donors (Lipinski definition) is 1. The molecule has 0 aliphatic heterocycles. The molecule has 100 valence electrons. The fourth-order valence-electron chi connectivity index (χ4n) is 2.01. The highest BCUT2D eigenvalue weighted by molar-refractivity contribution is 6.33. The summed E-state index contributed by atoms with van der Waals surface area (Å²) in [5.41, 5.74) is 2.94. The molecule has 2 aromatic carbocycles. The summed E-state index contributed by atoms with van der Waals surface area (Å²) in [5, 5.41) is 8.16. The Morgan fingerprint density at radius 2 is 1.90 bits per heavy atom. The van der Waals surface area contributed by atoms with Gasteiger partial charge < -0.3 is 5.32 Å². The van der Waals surface area contributed by atoms with Crippen LogP contribution in [-0.2, 0) is 6.54 Å². The van der Waals surface area contributed by atoms with E-state index in [1.54, 1.807) is 11.0 Å². The van der Waals surface area contributed by atoms with Crippen molar-refractivity contribution >= 4 is 17.3 Å². The fourth-order valence-corrected chi connectivity index (χ4v) is 2.27. The van der Waals surface area contributed by atoms with E-state index in [4.69, 9.17) is 11.6 Å². The molecule has 3 rings (SSSR count). The van der Waals surface area contributed by atoms with Crippen LogP contribution in [0.4, 0.5) is 5.69 Å². The van der Waals surface area contributed by atoms with Gasteiger partial charge in [0.2, 0.25) is 0 Å². The third-order valence-corrected chi connectivity index (χ3v) is 3.27. The van der Waals surface area contributed by atoms with Gasteiger partial charge >= 0.3 is 0 Å². The van der Waals surface area contributed by atoms with E-state index in [2.05, 4.69) is 27.5 Å². The van der Waals surface area contributed by atoms with E-state index in [9.17, 15) is 0 Å². The van der Waals surface area contributed by atoms with Crippen molar-refractivity contribution in [2.45, 2.75) is 6.54 Å². The topological polar surface area (TPSA) is 42.7 Å². The van der Waals surface area contributed by atoms with Crippen molar-refractivity contribution in [3.8, 4) is 5.69 Å². The van der Waals surface area contributed by atoms with E-state index >= 15 is 0 Å². The minimum absolute atomic E-state index is 0.633. The molecule has 4 nitrogen and oxygen atoms in total. The first kappa shape index (κ1) is 12.7. The van der Waals surface area contributed by atoms with Gasteiger partial charge in [-0.1, -0.05) is 48.0 Å². The number of benzene rings is 2. The van der Waals surface area contributed by atoms with Gasteiger partial charge in [0.25, 0.3) is 0 Å². The molecule has 0 saturated carbocycles. The Labute approximate surface area is 122 Å². The van der Waals surface area contributed by atoms with Crippen molar-refractivity contribution < 1.29 is 0 Å². The first-order valence-electron chi connectivity index (χ1n) is 6.26. The number of nitrogens with zero attached hydrogens (tertiary/aromatic N) is 3. The van der Waals surface area contributed by atoms with Crippen LogP contribution < -0.4 is 5.32 Å². The van der Waals surface area contributed by atoms with Crippen molar-refractivity contribution in [2.24, 2.45) is 0 Å². The lowest BCUT2D eigenvalue weighted by atomic mass is 10.2. The Hall–Kier alpha value is -2.33. The van der Waals surface area contributed by atoms with Gasteiger partial charge in [-0.05, 0) is 17.7 Å². The van der Waals surface area contributed by atoms with E-state index in [0.29, 0.717) is 5.02 Å². The van der Waals surface area contributed by atoms with Crippen LogP contribution in [0.15, 0.2) is 61.2 Å². The first-order chi connectivity index (χ1) is 9.84. The normalized spacial score (nSPS) is 10.4. The second kappa shape index (κ2) is 5.75. The molecule has 0 aliphatic carbocycles. The summed E-state index contributed by atoms with van der Waals surface area (Å²) in [6.07, 6.45) is 3.12. The molecule has 0 radical (unpaired) electrons. The van der Waals surface area contributed by atoms with Crippen LogP contribution in [-0.4, -0.2) is 14.8 Å². The van der Waals surface area contributed by atoms with Gasteiger partial charge in [0.15, 0.2) is 0 Å². The van der Waals surface area contributed by atoms with Crippen LogP contribution in [0.5, 0.6) is 0 Å². The zero-order valence-corrected chi connectivity index (χ0v) is 11.5. The number of anilines is 1. The standard InChI is InChI=1S/C15H13ClN4/c16-13-7-4-8-14(15(13)20-11-17-10-19-20)18-9-12-5-2-1-3-6-12/h1-8,10-11,18H,9H2. The van der Waals surface area contributed by atoms with Crippen LogP contribution >= 0.6 is 11.6 Å². The summed E-state index contributed by atoms with van der Waals surface area (Å²) in [4.78, 5) is 3.96. The lowest BCUT2D eigenvalue weighted by molar-refractivity contribution is 0.878. The number of rotatable bonds is 4. The zero-order chi connectivity index (χ0) is 13.8. The minimum Gasteiger partial charge on any atom is -0.379 e. The Balaban J connectivity index is 1.88. The molecular weight excluding hydrogens is 272 g/mol. The van der Waals surface area contributed by atoms with E-state index in [0.717, 1.165) is 17.9 Å². The van der Waals surface area contributed by atoms with Gasteiger partial charge in [0, 0.05) is 6.54 Å². The molecule has 3 aromatic rings. The molecule has 5 heteroatoms. The predicted molar refractivity (Wildman–Crippen MR) is 80.1 cm³/mol. The molecular formula is C15H13ClN4. The van der Waals surface area contributed by atoms with Crippen LogP contribution in [0.2, 0.25) is 5.02 Å². The highest BCUT2D eigenvalue weighted by Gasteiger charge is 2.09. The summed E-state index contributed by atoms with van der Waals surface area (Å²) in [6.45, 7) is 0.725. The van der Waals surface area contributed by atoms with Crippen molar-refractivity contribution in [3.05, 3.63) is 71.8 Å². The van der Waals surface area contributed by atoms with Crippen molar-refractivity contribution in [1.82, 2.24) is 14.8 Å². The summed E-state index contributed by atoms with van der Waals surface area (Å²) in [5.74, 6) is 0. The van der Waals surface area contributed by atoms with Gasteiger partial charge in [0.05, 0.1) is 10.7 Å². The summed E-state index contributed by atoms with van der Waals surface area (Å²) >= 11 is 6.27. The number of aromatic nitrogens is 3. The number of nitrogens with one attached hydrogen (secondary N) is 1. The maximum atomic E-state index is 6.27. The van der Waals surface area contributed by atoms with Crippen LogP contribution in [0.1, 0.15) is 5.56 Å². The highest BCUT2D eigenvalue weighted by atomic mass is 35.5. The van der Waals surface area contributed by atoms with Gasteiger partial charge in [-0.2, -0.15) is 5.10 Å². The van der Waals surface area contributed by atoms with Crippen LogP contribution in [0, 0.1) is 0 Å². The van der Waals surface area contributed by atoms with Crippen molar-refractivity contribution in [1.29, 1.82) is 0 Å². The van der Waals surface area contributed by atoms with E-state index in [1.165, 1.54) is 11.9 Å². The lowest BCUT2D eigenvalue weighted by Gasteiger charge is -2.13. The summed E-state index contributed by atoms with van der Waals surface area (Å²) in [6, 6.07) is 15.9. The third kappa shape index (κ3) is 2.65. The second-order valence-corrected chi connectivity index (χ2v) is 4.72. The van der Waals surface area contributed by atoms with Crippen molar-refractivity contribution in [3.63, 3.8) is 0 Å². The molecule has 20 heavy (non-hydrogen) atoms. The Morgan fingerprint density at radius 1 is 1.05 bits per heavy atom.